The van der Waals surface area contributed by atoms with E-state index < -0.39 is 16.6 Å². The standard InChI is InChI=1S/C20H20N4O5/c25-20(15-9-5-2-6-10-15)19(14-7-3-1-4-8-14)22-21-17-12-11-16(23(26)27)13-18(17)24(28)29/h1-13,20-21,23-26,28H. The molecule has 0 amide bonds. The molecule has 0 aliphatic carbocycles. The highest BCUT2D eigenvalue weighted by Gasteiger charge is 2.19. The fourth-order valence-electron chi connectivity index (χ4n) is 2.76. The van der Waals surface area contributed by atoms with E-state index >= 15 is 0 Å². The van der Waals surface area contributed by atoms with Gasteiger partial charge in [-0.2, -0.15) is 15.6 Å². The highest BCUT2D eigenvalue weighted by atomic mass is 16.8. The first-order valence-corrected chi connectivity index (χ1v) is 8.70. The van der Waals surface area contributed by atoms with Gasteiger partial charge in [0, 0.05) is 11.6 Å². The molecule has 0 aliphatic heterocycles. The largest absolute Gasteiger partial charge is 0.595 e. The van der Waals surface area contributed by atoms with Crippen LogP contribution in [0.4, 0.5) is 17.1 Å². The number of rotatable bonds is 7. The fourth-order valence-corrected chi connectivity index (χ4v) is 2.76. The van der Waals surface area contributed by atoms with E-state index in [9.17, 15) is 20.7 Å². The van der Waals surface area contributed by atoms with Gasteiger partial charge in [-0.1, -0.05) is 60.7 Å². The van der Waals surface area contributed by atoms with Gasteiger partial charge in [-0.3, -0.25) is 5.43 Å². The van der Waals surface area contributed by atoms with Gasteiger partial charge in [0.1, 0.15) is 17.5 Å². The maximum Gasteiger partial charge on any atom is 0.195 e. The molecule has 6 N–H and O–H groups in total. The van der Waals surface area contributed by atoms with Crippen molar-refractivity contribution in [1.29, 1.82) is 0 Å². The molecule has 0 bridgehead atoms. The molecular formula is C20H20N4O5. The summed E-state index contributed by atoms with van der Waals surface area (Å²) in [7, 11) is 0. The van der Waals surface area contributed by atoms with Gasteiger partial charge < -0.3 is 15.5 Å². The molecule has 3 aromatic rings. The number of hydrogen-bond donors (Lipinski definition) is 6. The molecule has 9 heteroatoms. The molecule has 0 fully saturated rings. The van der Waals surface area contributed by atoms with Crippen LogP contribution in [0.15, 0.2) is 84.0 Å². The quantitative estimate of drug-likeness (QED) is 0.261. The van der Waals surface area contributed by atoms with Crippen molar-refractivity contribution in [3.8, 4) is 0 Å². The molecule has 3 unspecified atom stereocenters. The van der Waals surface area contributed by atoms with Gasteiger partial charge >= 0.3 is 0 Å². The lowest BCUT2D eigenvalue weighted by Crippen LogP contribution is -3.00. The SMILES string of the molecule is [O-][NH+](O)c1ccc(NN=C(c2ccccc2)C(O)c2ccccc2)c([NH+]([O-])O)c1. The van der Waals surface area contributed by atoms with E-state index in [0.29, 0.717) is 11.1 Å². The summed E-state index contributed by atoms with van der Waals surface area (Å²) in [5.41, 5.74) is 3.94. The molecule has 3 atom stereocenters. The molecule has 9 nitrogen and oxygen atoms in total. The summed E-state index contributed by atoms with van der Waals surface area (Å²) in [6.45, 7) is 0. The number of nitrogens with zero attached hydrogens (tertiary/aromatic N) is 1. The van der Waals surface area contributed by atoms with E-state index in [1.165, 1.54) is 12.1 Å². The second-order valence-corrected chi connectivity index (χ2v) is 6.16. The summed E-state index contributed by atoms with van der Waals surface area (Å²) >= 11 is 0. The van der Waals surface area contributed by atoms with Crippen LogP contribution in [0.3, 0.4) is 0 Å². The fraction of sp³-hybridized carbons (Fsp3) is 0.0500. The second kappa shape index (κ2) is 9.37. The van der Waals surface area contributed by atoms with Crippen LogP contribution in [0.25, 0.3) is 0 Å². The number of hydrazone groups is 1. The summed E-state index contributed by atoms with van der Waals surface area (Å²) < 4.78 is 0. The average molecular weight is 396 g/mol. The van der Waals surface area contributed by atoms with Gasteiger partial charge in [0.25, 0.3) is 0 Å². The lowest BCUT2D eigenvalue weighted by molar-refractivity contribution is -0.996. The third kappa shape index (κ3) is 5.02. The Morgan fingerprint density at radius 2 is 1.48 bits per heavy atom. The Labute approximate surface area is 166 Å². The number of aliphatic hydroxyl groups excluding tert-OH is 1. The molecule has 0 saturated carbocycles. The molecule has 3 aromatic carbocycles. The molecule has 29 heavy (non-hydrogen) atoms. The lowest BCUT2D eigenvalue weighted by Gasteiger charge is -2.19. The summed E-state index contributed by atoms with van der Waals surface area (Å²) in [6, 6.07) is 21.6. The molecule has 0 heterocycles. The molecule has 150 valence electrons. The van der Waals surface area contributed by atoms with Crippen LogP contribution in [0.2, 0.25) is 0 Å². The van der Waals surface area contributed by atoms with E-state index in [-0.39, 0.29) is 22.8 Å². The van der Waals surface area contributed by atoms with Crippen molar-refractivity contribution in [1.82, 2.24) is 0 Å². The van der Waals surface area contributed by atoms with Gasteiger partial charge in [0.05, 0.1) is 6.07 Å². The van der Waals surface area contributed by atoms with Gasteiger partial charge in [-0.25, -0.2) is 10.4 Å². The predicted octanol–water partition coefficient (Wildman–Crippen LogP) is 1.04. The van der Waals surface area contributed by atoms with E-state index in [2.05, 4.69) is 10.5 Å². The molecule has 0 saturated heterocycles. The first kappa shape index (κ1) is 20.6. The normalized spacial score (nSPS) is 14.9. The van der Waals surface area contributed by atoms with Crippen LogP contribution in [0.1, 0.15) is 17.2 Å². The van der Waals surface area contributed by atoms with Gasteiger partial charge in [-0.05, 0) is 11.6 Å². The Hall–Kier alpha value is -3.15. The average Bonchev–Trinajstić information content (AvgIpc) is 2.75. The summed E-state index contributed by atoms with van der Waals surface area (Å²) in [5, 5.41) is 53.7. The van der Waals surface area contributed by atoms with Gasteiger partial charge in [0.2, 0.25) is 0 Å². The Morgan fingerprint density at radius 3 is 2.07 bits per heavy atom. The van der Waals surface area contributed by atoms with Crippen LogP contribution >= 0.6 is 0 Å². The highest BCUT2D eigenvalue weighted by Crippen LogP contribution is 2.23. The number of nitrogens with one attached hydrogen (secondary N) is 3. The summed E-state index contributed by atoms with van der Waals surface area (Å²) in [5.74, 6) is 0. The minimum absolute atomic E-state index is 0.108. The van der Waals surface area contributed by atoms with Crippen molar-refractivity contribution in [2.75, 3.05) is 5.43 Å². The molecule has 3 rings (SSSR count). The van der Waals surface area contributed by atoms with E-state index in [1.807, 2.05) is 12.1 Å². The van der Waals surface area contributed by atoms with Crippen LogP contribution in [0, 0.1) is 10.4 Å². The Kier molecular flexibility index (Phi) is 6.65. The molecule has 0 aromatic heterocycles. The zero-order valence-corrected chi connectivity index (χ0v) is 15.2. The number of benzene rings is 3. The third-order valence-electron chi connectivity index (χ3n) is 4.24. The minimum atomic E-state index is -1.30. The number of aliphatic hydroxyl groups is 1. The van der Waals surface area contributed by atoms with Crippen molar-refractivity contribution in [3.05, 3.63) is 100 Å². The van der Waals surface area contributed by atoms with Crippen molar-refractivity contribution in [2.45, 2.75) is 6.10 Å². The van der Waals surface area contributed by atoms with Crippen LogP contribution in [-0.4, -0.2) is 21.2 Å². The van der Waals surface area contributed by atoms with Crippen molar-refractivity contribution in [3.63, 3.8) is 0 Å². The zero-order chi connectivity index (χ0) is 20.8. The van der Waals surface area contributed by atoms with Crippen LogP contribution < -0.4 is 15.9 Å². The zero-order valence-electron chi connectivity index (χ0n) is 15.2. The Bertz CT molecular complexity index is 965. The van der Waals surface area contributed by atoms with E-state index in [4.69, 9.17) is 5.21 Å². The molecule has 0 aliphatic rings. The van der Waals surface area contributed by atoms with Crippen molar-refractivity contribution < 1.29 is 26.0 Å². The second-order valence-electron chi connectivity index (χ2n) is 6.16. The maximum atomic E-state index is 11.5. The van der Waals surface area contributed by atoms with Crippen LogP contribution in [-0.2, 0) is 0 Å². The summed E-state index contributed by atoms with van der Waals surface area (Å²) in [4.78, 5) is 0. The van der Waals surface area contributed by atoms with Gasteiger partial charge in [-0.15, -0.1) is 0 Å². The number of quaternary nitrogens is 2. The predicted molar refractivity (Wildman–Crippen MR) is 106 cm³/mol. The Balaban J connectivity index is 1.99. The third-order valence-corrected chi connectivity index (χ3v) is 4.24. The number of anilines is 1. The minimum Gasteiger partial charge on any atom is -0.595 e. The van der Waals surface area contributed by atoms with E-state index in [1.54, 1.807) is 48.5 Å². The maximum absolute atomic E-state index is 11.5. The molecule has 0 radical (unpaired) electrons. The summed E-state index contributed by atoms with van der Waals surface area (Å²) in [6.07, 6.45) is -1.06. The molecular weight excluding hydrogens is 376 g/mol. The van der Waals surface area contributed by atoms with Gasteiger partial charge in [0.15, 0.2) is 11.4 Å². The smallest absolute Gasteiger partial charge is 0.195 e. The molecule has 0 spiro atoms. The van der Waals surface area contributed by atoms with Crippen molar-refractivity contribution in [2.24, 2.45) is 5.10 Å². The first-order chi connectivity index (χ1) is 14.0. The number of hydrogen-bond acceptors (Lipinski definition) is 7. The lowest BCUT2D eigenvalue weighted by atomic mass is 9.99. The van der Waals surface area contributed by atoms with E-state index in [0.717, 1.165) is 6.07 Å². The first-order valence-electron chi connectivity index (χ1n) is 8.70. The Morgan fingerprint density at radius 1 is 0.862 bits per heavy atom. The monoisotopic (exact) mass is 396 g/mol. The topological polar surface area (TPSA) is 140 Å². The van der Waals surface area contributed by atoms with Crippen molar-refractivity contribution >= 4 is 22.8 Å². The highest BCUT2D eigenvalue weighted by molar-refractivity contribution is 6.04. The van der Waals surface area contributed by atoms with Crippen LogP contribution in [0.5, 0.6) is 0 Å².